The summed E-state index contributed by atoms with van der Waals surface area (Å²) in [5.41, 5.74) is 1.04. The molecule has 1 aromatic carbocycles. The fraction of sp³-hybridized carbons (Fsp3) is 0.688. The molecule has 0 radical (unpaired) electrons. The van der Waals surface area contributed by atoms with Gasteiger partial charge in [-0.25, -0.2) is 0 Å². The summed E-state index contributed by atoms with van der Waals surface area (Å²) in [4.78, 5) is 50.5. The van der Waals surface area contributed by atoms with Gasteiger partial charge in [-0.05, 0) is 50.1 Å². The maximum atomic E-state index is 13.6. The van der Waals surface area contributed by atoms with Crippen molar-refractivity contribution in [2.24, 2.45) is 17.8 Å². The lowest BCUT2D eigenvalue weighted by Crippen LogP contribution is -2.52. The van der Waals surface area contributed by atoms with E-state index in [4.69, 9.17) is 9.47 Å². The number of amides is 3. The molecule has 3 N–H and O–H groups in total. The first kappa shape index (κ1) is 37.2. The SMILES string of the molecule is CCC(C)C(C(CC(CCCNC=O)C(OC)C(C)C(=O)NC(CC=O)Cc1ccccc1)OC)N(C)C(=O)CNC. The molecule has 0 bridgehead atoms. The summed E-state index contributed by atoms with van der Waals surface area (Å²) in [6.07, 6.45) is 4.30. The Balaban J connectivity index is 3.24. The fourth-order valence-corrected chi connectivity index (χ4v) is 5.79. The predicted octanol–water partition coefficient (Wildman–Crippen LogP) is 2.59. The summed E-state index contributed by atoms with van der Waals surface area (Å²) in [5.74, 6) is -0.664. The number of nitrogens with zero attached hydrogens (tertiary/aromatic N) is 1. The maximum Gasteiger partial charge on any atom is 0.236 e. The molecule has 0 spiro atoms. The lowest BCUT2D eigenvalue weighted by atomic mass is 9.80. The van der Waals surface area contributed by atoms with Gasteiger partial charge in [0, 0.05) is 40.3 Å². The molecule has 10 heteroatoms. The first-order valence-corrected chi connectivity index (χ1v) is 15.1. The van der Waals surface area contributed by atoms with E-state index in [-0.39, 0.29) is 54.8 Å². The molecule has 7 unspecified atom stereocenters. The van der Waals surface area contributed by atoms with Crippen LogP contribution in [-0.4, -0.2) is 95.1 Å². The van der Waals surface area contributed by atoms with E-state index in [1.807, 2.05) is 44.3 Å². The largest absolute Gasteiger partial charge is 0.380 e. The van der Waals surface area contributed by atoms with Gasteiger partial charge < -0.3 is 35.1 Å². The standard InChI is InChI=1S/C32H54N4O6/c1-8-23(2)30(36(5)29(39)21-33-4)28(41-6)20-26(15-12-17-34-22-38)31(42-7)24(3)32(40)35-27(16-18-37)19-25-13-10-9-11-14-25/h9-11,13-14,18,22-24,26-28,30-31,33H,8,12,15-17,19-21H2,1-7H3,(H,34,38)(H,35,40). The molecule has 0 aliphatic heterocycles. The van der Waals surface area contributed by atoms with Crippen LogP contribution in [0.2, 0.25) is 0 Å². The Labute approximate surface area is 252 Å². The molecular formula is C32H54N4O6. The van der Waals surface area contributed by atoms with Gasteiger partial charge in [-0.3, -0.25) is 14.4 Å². The summed E-state index contributed by atoms with van der Waals surface area (Å²) in [6.45, 7) is 6.79. The molecule has 0 fully saturated rings. The molecule has 3 amide bonds. The second-order valence-corrected chi connectivity index (χ2v) is 11.2. The molecule has 0 aliphatic rings. The smallest absolute Gasteiger partial charge is 0.236 e. The number of methoxy groups -OCH3 is 2. The third-order valence-corrected chi connectivity index (χ3v) is 8.29. The van der Waals surface area contributed by atoms with Crippen LogP contribution in [0.5, 0.6) is 0 Å². The van der Waals surface area contributed by atoms with Crippen LogP contribution in [0.4, 0.5) is 0 Å². The lowest BCUT2D eigenvalue weighted by molar-refractivity contribution is -0.137. The van der Waals surface area contributed by atoms with Gasteiger partial charge in [-0.2, -0.15) is 0 Å². The second kappa shape index (κ2) is 21.0. The van der Waals surface area contributed by atoms with Crippen molar-refractivity contribution in [2.75, 3.05) is 41.4 Å². The van der Waals surface area contributed by atoms with Gasteiger partial charge in [0.05, 0.1) is 30.7 Å². The average Bonchev–Trinajstić information content (AvgIpc) is 2.99. The summed E-state index contributed by atoms with van der Waals surface area (Å²) in [6, 6.07) is 9.25. The number of benzene rings is 1. The number of ether oxygens (including phenoxy) is 2. The van der Waals surface area contributed by atoms with E-state index in [1.165, 1.54) is 0 Å². The van der Waals surface area contributed by atoms with E-state index in [2.05, 4.69) is 29.8 Å². The van der Waals surface area contributed by atoms with E-state index in [1.54, 1.807) is 26.2 Å². The van der Waals surface area contributed by atoms with E-state index in [0.29, 0.717) is 38.6 Å². The number of hydrogen-bond acceptors (Lipinski definition) is 7. The van der Waals surface area contributed by atoms with E-state index in [9.17, 15) is 19.2 Å². The van der Waals surface area contributed by atoms with Crippen LogP contribution in [0.15, 0.2) is 30.3 Å². The fourth-order valence-electron chi connectivity index (χ4n) is 5.79. The van der Waals surface area contributed by atoms with Gasteiger partial charge in [-0.1, -0.05) is 57.5 Å². The summed E-state index contributed by atoms with van der Waals surface area (Å²) in [5, 5.41) is 8.73. The Morgan fingerprint density at radius 3 is 2.31 bits per heavy atom. The van der Waals surface area contributed by atoms with E-state index >= 15 is 0 Å². The quantitative estimate of drug-likeness (QED) is 0.132. The zero-order chi connectivity index (χ0) is 31.5. The third kappa shape index (κ3) is 12.2. The highest BCUT2D eigenvalue weighted by Crippen LogP contribution is 2.31. The molecule has 10 nitrogen and oxygen atoms in total. The van der Waals surface area contributed by atoms with Crippen molar-refractivity contribution >= 4 is 24.5 Å². The number of rotatable bonds is 23. The highest BCUT2D eigenvalue weighted by molar-refractivity contribution is 5.79. The zero-order valence-corrected chi connectivity index (χ0v) is 26.6. The molecule has 1 rings (SSSR count). The van der Waals surface area contributed by atoms with Gasteiger partial charge >= 0.3 is 0 Å². The van der Waals surface area contributed by atoms with Crippen LogP contribution >= 0.6 is 0 Å². The van der Waals surface area contributed by atoms with Crippen molar-refractivity contribution in [1.29, 1.82) is 0 Å². The zero-order valence-electron chi connectivity index (χ0n) is 26.6. The number of carbonyl (C=O) groups excluding carboxylic acids is 4. The Bertz CT molecular complexity index is 918. The number of carbonyl (C=O) groups is 4. The summed E-state index contributed by atoms with van der Waals surface area (Å²) >= 11 is 0. The minimum absolute atomic E-state index is 0.0211. The Hall–Kier alpha value is -2.82. The molecule has 7 atom stereocenters. The first-order chi connectivity index (χ1) is 20.2. The van der Waals surface area contributed by atoms with Gasteiger partial charge in [0.25, 0.3) is 0 Å². The average molecular weight is 591 g/mol. The van der Waals surface area contributed by atoms with Crippen molar-refractivity contribution < 1.29 is 28.7 Å². The van der Waals surface area contributed by atoms with Crippen LogP contribution in [0, 0.1) is 17.8 Å². The predicted molar refractivity (Wildman–Crippen MR) is 165 cm³/mol. The van der Waals surface area contributed by atoms with Gasteiger partial charge in [0.1, 0.15) is 6.29 Å². The Kier molecular flexibility index (Phi) is 18.6. The molecule has 0 saturated carbocycles. The van der Waals surface area contributed by atoms with Crippen molar-refractivity contribution in [3.8, 4) is 0 Å². The summed E-state index contributed by atoms with van der Waals surface area (Å²) < 4.78 is 12.1. The molecule has 42 heavy (non-hydrogen) atoms. The maximum absolute atomic E-state index is 13.6. The number of nitrogens with one attached hydrogen (secondary N) is 3. The molecule has 0 aromatic heterocycles. The molecule has 238 valence electrons. The Morgan fingerprint density at radius 1 is 1.07 bits per heavy atom. The number of hydrogen-bond donors (Lipinski definition) is 3. The molecule has 0 saturated heterocycles. The molecule has 0 heterocycles. The van der Waals surface area contributed by atoms with Crippen LogP contribution < -0.4 is 16.0 Å². The normalized spacial score (nSPS) is 16.3. The minimum Gasteiger partial charge on any atom is -0.380 e. The topological polar surface area (TPSA) is 126 Å². The molecule has 1 aromatic rings. The highest BCUT2D eigenvalue weighted by Gasteiger charge is 2.38. The number of aldehydes is 1. The van der Waals surface area contributed by atoms with Crippen LogP contribution in [0.3, 0.4) is 0 Å². The lowest BCUT2D eigenvalue weighted by Gasteiger charge is -2.41. The van der Waals surface area contributed by atoms with Crippen LogP contribution in [0.1, 0.15) is 58.4 Å². The minimum atomic E-state index is -0.521. The second-order valence-electron chi connectivity index (χ2n) is 11.2. The monoisotopic (exact) mass is 590 g/mol. The Morgan fingerprint density at radius 2 is 1.76 bits per heavy atom. The first-order valence-electron chi connectivity index (χ1n) is 15.1. The van der Waals surface area contributed by atoms with E-state index < -0.39 is 12.0 Å². The van der Waals surface area contributed by atoms with Gasteiger partial charge in [0.2, 0.25) is 18.2 Å². The van der Waals surface area contributed by atoms with Crippen molar-refractivity contribution in [3.05, 3.63) is 35.9 Å². The van der Waals surface area contributed by atoms with Crippen molar-refractivity contribution in [1.82, 2.24) is 20.9 Å². The molecule has 0 aliphatic carbocycles. The third-order valence-electron chi connectivity index (χ3n) is 8.29. The molecular weight excluding hydrogens is 536 g/mol. The number of likely N-dealkylation sites (N-methyl/N-ethyl adjacent to an activating group) is 2. The van der Waals surface area contributed by atoms with Crippen LogP contribution in [-0.2, 0) is 35.1 Å². The summed E-state index contributed by atoms with van der Waals surface area (Å²) in [7, 11) is 6.83. The van der Waals surface area contributed by atoms with Crippen LogP contribution in [0.25, 0.3) is 0 Å². The van der Waals surface area contributed by atoms with Crippen molar-refractivity contribution in [3.63, 3.8) is 0 Å². The highest BCUT2D eigenvalue weighted by atomic mass is 16.5. The van der Waals surface area contributed by atoms with Gasteiger partial charge in [0.15, 0.2) is 0 Å². The van der Waals surface area contributed by atoms with Crippen molar-refractivity contribution in [2.45, 2.75) is 83.6 Å². The van der Waals surface area contributed by atoms with Gasteiger partial charge in [-0.15, -0.1) is 0 Å². The van der Waals surface area contributed by atoms with E-state index in [0.717, 1.165) is 18.3 Å².